The van der Waals surface area contributed by atoms with E-state index in [1.165, 1.54) is 25.7 Å². The fourth-order valence-corrected chi connectivity index (χ4v) is 4.28. The van der Waals surface area contributed by atoms with Crippen molar-refractivity contribution in [2.24, 2.45) is 10.4 Å². The maximum absolute atomic E-state index is 12.2. The third-order valence-electron chi connectivity index (χ3n) is 5.97. The van der Waals surface area contributed by atoms with Gasteiger partial charge in [0.05, 0.1) is 6.54 Å². The molecule has 0 bridgehead atoms. The molecule has 154 valence electrons. The Morgan fingerprint density at radius 3 is 2.86 bits per heavy atom. The molecule has 4 rings (SSSR count). The lowest BCUT2D eigenvalue weighted by Gasteiger charge is -2.38. The number of aliphatic imine (C=N–C) groups is 1. The molecule has 2 aliphatic rings. The van der Waals surface area contributed by atoms with E-state index in [9.17, 15) is 4.79 Å². The Hall–Kier alpha value is -2.83. The van der Waals surface area contributed by atoms with E-state index in [0.29, 0.717) is 12.0 Å². The van der Waals surface area contributed by atoms with Crippen LogP contribution in [-0.4, -0.2) is 46.2 Å². The Morgan fingerprint density at radius 2 is 2.17 bits per heavy atom. The monoisotopic (exact) mass is 394 g/mol. The molecule has 1 aliphatic heterocycles. The number of rotatable bonds is 6. The van der Waals surface area contributed by atoms with Crippen LogP contribution in [0.3, 0.4) is 0 Å². The predicted molar refractivity (Wildman–Crippen MR) is 115 cm³/mol. The van der Waals surface area contributed by atoms with Gasteiger partial charge in [0.15, 0.2) is 5.96 Å². The first-order chi connectivity index (χ1) is 14.2. The molecule has 1 saturated heterocycles. The van der Waals surface area contributed by atoms with Gasteiger partial charge in [-0.3, -0.25) is 9.48 Å². The number of guanidine groups is 1. The summed E-state index contributed by atoms with van der Waals surface area (Å²) in [6, 6.07) is 9.71. The molecule has 2 aromatic rings. The van der Waals surface area contributed by atoms with Gasteiger partial charge in [0.25, 0.3) is 0 Å². The van der Waals surface area contributed by atoms with Gasteiger partial charge in [-0.15, -0.1) is 0 Å². The van der Waals surface area contributed by atoms with E-state index in [0.717, 1.165) is 36.8 Å². The molecule has 1 aromatic carbocycles. The highest BCUT2D eigenvalue weighted by molar-refractivity contribution is 5.90. The van der Waals surface area contributed by atoms with Crippen LogP contribution in [0.2, 0.25) is 0 Å². The van der Waals surface area contributed by atoms with Crippen LogP contribution in [-0.2, 0) is 17.9 Å². The van der Waals surface area contributed by atoms with Gasteiger partial charge >= 0.3 is 0 Å². The lowest BCUT2D eigenvalue weighted by molar-refractivity contribution is -0.116. The highest BCUT2D eigenvalue weighted by Crippen LogP contribution is 2.47. The normalized spacial score (nSPS) is 18.0. The SMILES string of the molecule is CCNC(=NCc1cccc(NC(=O)Cn2cccn2)c1)N1CCC2(CCC2)C1. The van der Waals surface area contributed by atoms with Crippen LogP contribution in [0.25, 0.3) is 0 Å². The van der Waals surface area contributed by atoms with E-state index in [4.69, 9.17) is 4.99 Å². The largest absolute Gasteiger partial charge is 0.357 e. The highest BCUT2D eigenvalue weighted by atomic mass is 16.2. The lowest BCUT2D eigenvalue weighted by Crippen LogP contribution is -2.42. The molecular weight excluding hydrogens is 364 g/mol. The topological polar surface area (TPSA) is 74.5 Å². The van der Waals surface area contributed by atoms with Crippen molar-refractivity contribution < 1.29 is 4.79 Å². The van der Waals surface area contributed by atoms with E-state index in [1.807, 2.05) is 24.3 Å². The molecule has 1 aliphatic carbocycles. The zero-order chi connectivity index (χ0) is 20.1. The Bertz CT molecular complexity index is 856. The van der Waals surface area contributed by atoms with Gasteiger partial charge in [0.1, 0.15) is 6.54 Å². The number of likely N-dealkylation sites (tertiary alicyclic amines) is 1. The molecule has 29 heavy (non-hydrogen) atoms. The molecule has 2 fully saturated rings. The van der Waals surface area contributed by atoms with Crippen molar-refractivity contribution in [3.63, 3.8) is 0 Å². The molecule has 2 N–H and O–H groups in total. The zero-order valence-electron chi connectivity index (χ0n) is 17.1. The fourth-order valence-electron chi connectivity index (χ4n) is 4.28. The fraction of sp³-hybridized carbons (Fsp3) is 0.500. The maximum atomic E-state index is 12.2. The number of nitrogens with one attached hydrogen (secondary N) is 2. The van der Waals surface area contributed by atoms with Gasteiger partial charge in [-0.1, -0.05) is 18.6 Å². The molecule has 1 amide bonds. The summed E-state index contributed by atoms with van der Waals surface area (Å²) in [6.45, 7) is 6.00. The van der Waals surface area contributed by atoms with Gasteiger partial charge < -0.3 is 15.5 Å². The van der Waals surface area contributed by atoms with Crippen LogP contribution in [0.15, 0.2) is 47.7 Å². The minimum absolute atomic E-state index is 0.0921. The molecule has 7 nitrogen and oxygen atoms in total. The summed E-state index contributed by atoms with van der Waals surface area (Å²) in [5, 5.41) is 10.5. The predicted octanol–water partition coefficient (Wildman–Crippen LogP) is 2.86. The third kappa shape index (κ3) is 4.78. The number of hydrogen-bond acceptors (Lipinski definition) is 3. The molecule has 2 heterocycles. The number of benzene rings is 1. The maximum Gasteiger partial charge on any atom is 0.246 e. The number of carbonyl (C=O) groups excluding carboxylic acids is 1. The average molecular weight is 395 g/mol. The minimum atomic E-state index is -0.0921. The summed E-state index contributed by atoms with van der Waals surface area (Å²) in [5.74, 6) is 0.912. The molecule has 0 radical (unpaired) electrons. The summed E-state index contributed by atoms with van der Waals surface area (Å²) in [5.41, 5.74) is 2.42. The second-order valence-electron chi connectivity index (χ2n) is 8.15. The summed E-state index contributed by atoms with van der Waals surface area (Å²) in [4.78, 5) is 19.5. The molecular formula is C22H30N6O. The quantitative estimate of drug-likeness (QED) is 0.584. The molecule has 1 saturated carbocycles. The number of anilines is 1. The van der Waals surface area contributed by atoms with Crippen LogP contribution in [0.4, 0.5) is 5.69 Å². The third-order valence-corrected chi connectivity index (χ3v) is 5.97. The number of carbonyl (C=O) groups is 1. The Kier molecular flexibility index (Phi) is 5.83. The molecule has 0 unspecified atom stereocenters. The number of aromatic nitrogens is 2. The number of nitrogens with zero attached hydrogens (tertiary/aromatic N) is 4. The molecule has 0 atom stereocenters. The van der Waals surface area contributed by atoms with Crippen LogP contribution in [0.1, 0.15) is 38.2 Å². The summed E-state index contributed by atoms with van der Waals surface area (Å²) in [7, 11) is 0. The average Bonchev–Trinajstić information content (AvgIpc) is 3.35. The summed E-state index contributed by atoms with van der Waals surface area (Å²) < 4.78 is 1.61. The van der Waals surface area contributed by atoms with Crippen LogP contribution >= 0.6 is 0 Å². The van der Waals surface area contributed by atoms with Crippen LogP contribution in [0.5, 0.6) is 0 Å². The standard InChI is InChI=1S/C22H30N6O/c1-2-23-21(27-13-10-22(17-27)8-4-9-22)24-15-18-6-3-7-19(14-18)26-20(29)16-28-12-5-11-25-28/h3,5-7,11-12,14H,2,4,8-10,13,15-17H2,1H3,(H,23,24)(H,26,29). The minimum Gasteiger partial charge on any atom is -0.357 e. The summed E-state index contributed by atoms with van der Waals surface area (Å²) in [6.07, 6.45) is 8.84. The van der Waals surface area contributed by atoms with Gasteiger partial charge in [-0.05, 0) is 55.4 Å². The first-order valence-electron chi connectivity index (χ1n) is 10.6. The van der Waals surface area contributed by atoms with Crippen molar-refractivity contribution in [2.75, 3.05) is 25.0 Å². The van der Waals surface area contributed by atoms with Gasteiger partial charge in [-0.25, -0.2) is 4.99 Å². The number of hydrogen-bond donors (Lipinski definition) is 2. The van der Waals surface area contributed by atoms with Crippen molar-refractivity contribution in [1.29, 1.82) is 0 Å². The highest BCUT2D eigenvalue weighted by Gasteiger charge is 2.43. The zero-order valence-corrected chi connectivity index (χ0v) is 17.1. The van der Waals surface area contributed by atoms with Gasteiger partial charge in [-0.2, -0.15) is 5.10 Å². The van der Waals surface area contributed by atoms with Crippen molar-refractivity contribution in [3.8, 4) is 0 Å². The Morgan fingerprint density at radius 1 is 1.28 bits per heavy atom. The van der Waals surface area contributed by atoms with Crippen molar-refractivity contribution >= 4 is 17.6 Å². The van der Waals surface area contributed by atoms with Gasteiger partial charge in [0.2, 0.25) is 5.91 Å². The second kappa shape index (κ2) is 8.68. The smallest absolute Gasteiger partial charge is 0.246 e. The molecule has 7 heteroatoms. The van der Waals surface area contributed by atoms with Crippen molar-refractivity contribution in [3.05, 3.63) is 48.3 Å². The summed E-state index contributed by atoms with van der Waals surface area (Å²) >= 11 is 0. The lowest BCUT2D eigenvalue weighted by atomic mass is 9.68. The molecule has 1 spiro atoms. The van der Waals surface area contributed by atoms with E-state index in [2.05, 4.69) is 27.6 Å². The van der Waals surface area contributed by atoms with Crippen molar-refractivity contribution in [1.82, 2.24) is 20.0 Å². The first kappa shape index (κ1) is 19.5. The Balaban J connectivity index is 1.37. The van der Waals surface area contributed by atoms with Crippen molar-refractivity contribution in [2.45, 2.75) is 45.7 Å². The van der Waals surface area contributed by atoms with E-state index in [-0.39, 0.29) is 12.5 Å². The van der Waals surface area contributed by atoms with Gasteiger partial charge in [0, 0.05) is 37.7 Å². The first-order valence-corrected chi connectivity index (χ1v) is 10.6. The Labute approximate surface area is 172 Å². The van der Waals surface area contributed by atoms with Crippen LogP contribution < -0.4 is 10.6 Å². The van der Waals surface area contributed by atoms with Crippen LogP contribution in [0, 0.1) is 5.41 Å². The van der Waals surface area contributed by atoms with E-state index < -0.39 is 0 Å². The second-order valence-corrected chi connectivity index (χ2v) is 8.15. The molecule has 1 aromatic heterocycles. The van der Waals surface area contributed by atoms with E-state index in [1.54, 1.807) is 23.1 Å². The van der Waals surface area contributed by atoms with E-state index >= 15 is 0 Å². The number of amides is 1.